The fraction of sp³-hybridized carbons (Fsp3) is 0.188. The van der Waals surface area contributed by atoms with Crippen molar-refractivity contribution in [2.45, 2.75) is 19.9 Å². The van der Waals surface area contributed by atoms with Gasteiger partial charge in [0.05, 0.1) is 17.1 Å². The lowest BCUT2D eigenvalue weighted by Crippen LogP contribution is -2.06. The van der Waals surface area contributed by atoms with E-state index in [-0.39, 0.29) is 6.04 Å². The van der Waals surface area contributed by atoms with Crippen molar-refractivity contribution in [3.63, 3.8) is 0 Å². The molecule has 0 aliphatic carbocycles. The fourth-order valence-electron chi connectivity index (χ4n) is 2.51. The van der Waals surface area contributed by atoms with E-state index < -0.39 is 0 Å². The van der Waals surface area contributed by atoms with Crippen LogP contribution in [0.3, 0.4) is 0 Å². The summed E-state index contributed by atoms with van der Waals surface area (Å²) in [6.45, 7) is 4.28. The molecule has 1 atom stereocenters. The van der Waals surface area contributed by atoms with Gasteiger partial charge in [-0.15, -0.1) is 0 Å². The van der Waals surface area contributed by atoms with Crippen LogP contribution in [-0.4, -0.2) is 9.55 Å². The quantitative estimate of drug-likeness (QED) is 0.617. The molecular formula is C16H15BrN2S. The smallest absolute Gasteiger partial charge is 0.178 e. The first-order valence-corrected chi connectivity index (χ1v) is 7.73. The zero-order chi connectivity index (χ0) is 14.3. The van der Waals surface area contributed by atoms with Crippen LogP contribution in [0.5, 0.6) is 0 Å². The number of aryl methyl sites for hydroxylation is 1. The van der Waals surface area contributed by atoms with Gasteiger partial charge in [0.25, 0.3) is 0 Å². The van der Waals surface area contributed by atoms with Crippen LogP contribution in [0.4, 0.5) is 0 Å². The van der Waals surface area contributed by atoms with Crippen molar-refractivity contribution in [3.05, 3.63) is 62.8 Å². The Morgan fingerprint density at radius 2 is 1.85 bits per heavy atom. The van der Waals surface area contributed by atoms with Crippen LogP contribution in [0.15, 0.2) is 46.9 Å². The summed E-state index contributed by atoms with van der Waals surface area (Å²) in [6.07, 6.45) is 0. The van der Waals surface area contributed by atoms with Crippen molar-refractivity contribution in [2.75, 3.05) is 0 Å². The molecule has 2 nitrogen and oxygen atoms in total. The summed E-state index contributed by atoms with van der Waals surface area (Å²) in [6, 6.07) is 15.0. The normalized spacial score (nSPS) is 12.8. The summed E-state index contributed by atoms with van der Waals surface area (Å²) in [5, 5.41) is 0. The second kappa shape index (κ2) is 5.19. The van der Waals surface area contributed by atoms with Gasteiger partial charge in [0.15, 0.2) is 4.77 Å². The largest absolute Gasteiger partial charge is 0.331 e. The van der Waals surface area contributed by atoms with Crippen LogP contribution < -0.4 is 0 Å². The topological polar surface area (TPSA) is 20.7 Å². The van der Waals surface area contributed by atoms with Gasteiger partial charge in [-0.3, -0.25) is 0 Å². The highest BCUT2D eigenvalue weighted by atomic mass is 79.9. The van der Waals surface area contributed by atoms with Gasteiger partial charge in [-0.1, -0.05) is 34.1 Å². The molecule has 0 amide bonds. The molecule has 0 aliphatic heterocycles. The fourth-order valence-corrected chi connectivity index (χ4v) is 3.14. The summed E-state index contributed by atoms with van der Waals surface area (Å²) >= 11 is 8.97. The highest BCUT2D eigenvalue weighted by Gasteiger charge is 2.13. The summed E-state index contributed by atoms with van der Waals surface area (Å²) in [7, 11) is 0. The molecule has 0 bridgehead atoms. The van der Waals surface area contributed by atoms with Crippen LogP contribution in [0, 0.1) is 11.7 Å². The van der Waals surface area contributed by atoms with Crippen LogP contribution in [0.1, 0.15) is 24.1 Å². The lowest BCUT2D eigenvalue weighted by atomic mass is 10.1. The minimum absolute atomic E-state index is 0.200. The van der Waals surface area contributed by atoms with Crippen LogP contribution >= 0.6 is 28.1 Å². The Labute approximate surface area is 131 Å². The Morgan fingerprint density at radius 1 is 1.15 bits per heavy atom. The predicted molar refractivity (Wildman–Crippen MR) is 89.8 cm³/mol. The SMILES string of the molecule is Cc1ccc2[nH]c(=S)n(C(C)c3ccc(Br)cc3)c2c1. The van der Waals surface area contributed by atoms with Gasteiger partial charge in [-0.2, -0.15) is 0 Å². The number of hydrogen-bond acceptors (Lipinski definition) is 1. The molecule has 1 aromatic heterocycles. The molecule has 20 heavy (non-hydrogen) atoms. The Balaban J connectivity index is 2.18. The summed E-state index contributed by atoms with van der Waals surface area (Å²) < 4.78 is 4.04. The minimum Gasteiger partial charge on any atom is -0.331 e. The molecule has 0 fully saturated rings. The molecular weight excluding hydrogens is 332 g/mol. The van der Waals surface area contributed by atoms with Crippen molar-refractivity contribution in [2.24, 2.45) is 0 Å². The molecule has 2 aromatic carbocycles. The lowest BCUT2D eigenvalue weighted by Gasteiger charge is -2.15. The number of H-pyrrole nitrogens is 1. The first-order chi connectivity index (χ1) is 9.56. The molecule has 0 spiro atoms. The van der Waals surface area contributed by atoms with E-state index in [0.717, 1.165) is 20.3 Å². The van der Waals surface area contributed by atoms with E-state index in [2.05, 4.69) is 81.8 Å². The molecule has 0 radical (unpaired) electrons. The minimum atomic E-state index is 0.200. The summed E-state index contributed by atoms with van der Waals surface area (Å²) in [5.74, 6) is 0. The number of fused-ring (bicyclic) bond motifs is 1. The van der Waals surface area contributed by atoms with Gasteiger partial charge in [0, 0.05) is 4.47 Å². The Morgan fingerprint density at radius 3 is 2.55 bits per heavy atom. The van der Waals surface area contributed by atoms with E-state index in [1.54, 1.807) is 0 Å². The second-order valence-corrected chi connectivity index (χ2v) is 6.35. The number of benzene rings is 2. The van der Waals surface area contributed by atoms with E-state index in [9.17, 15) is 0 Å². The number of aromatic amines is 1. The summed E-state index contributed by atoms with van der Waals surface area (Å²) in [4.78, 5) is 3.28. The standard InChI is InChI=1S/C16H15BrN2S/c1-10-3-8-14-15(9-10)19(16(20)18-14)11(2)12-4-6-13(17)7-5-12/h3-9,11H,1-2H3,(H,18,20). The molecule has 1 heterocycles. The Bertz CT molecular complexity index is 815. The molecule has 102 valence electrons. The van der Waals surface area contributed by atoms with E-state index in [0.29, 0.717) is 0 Å². The molecule has 0 saturated carbocycles. The maximum absolute atomic E-state index is 5.50. The van der Waals surface area contributed by atoms with E-state index in [1.165, 1.54) is 11.1 Å². The first kappa shape index (κ1) is 13.6. The lowest BCUT2D eigenvalue weighted by molar-refractivity contribution is 0.649. The van der Waals surface area contributed by atoms with E-state index in [1.807, 2.05) is 0 Å². The second-order valence-electron chi connectivity index (χ2n) is 5.05. The van der Waals surface area contributed by atoms with Crippen molar-refractivity contribution >= 4 is 39.2 Å². The predicted octanol–water partition coefficient (Wildman–Crippen LogP) is 5.38. The first-order valence-electron chi connectivity index (χ1n) is 6.52. The number of nitrogens with one attached hydrogen (secondary N) is 1. The number of hydrogen-bond donors (Lipinski definition) is 1. The molecule has 1 unspecified atom stereocenters. The zero-order valence-corrected chi connectivity index (χ0v) is 13.8. The van der Waals surface area contributed by atoms with Crippen molar-refractivity contribution in [1.29, 1.82) is 0 Å². The molecule has 3 aromatic rings. The summed E-state index contributed by atoms with van der Waals surface area (Å²) in [5.41, 5.74) is 4.73. The average Bonchev–Trinajstić information content (AvgIpc) is 2.74. The number of halogens is 1. The molecule has 0 aliphatic rings. The maximum Gasteiger partial charge on any atom is 0.178 e. The third-order valence-electron chi connectivity index (χ3n) is 3.61. The monoisotopic (exact) mass is 346 g/mol. The zero-order valence-electron chi connectivity index (χ0n) is 11.4. The average molecular weight is 347 g/mol. The van der Waals surface area contributed by atoms with Gasteiger partial charge in [-0.05, 0) is 61.5 Å². The Hall–Kier alpha value is -1.39. The third kappa shape index (κ3) is 2.34. The van der Waals surface area contributed by atoms with E-state index in [4.69, 9.17) is 12.2 Å². The van der Waals surface area contributed by atoms with Gasteiger partial charge in [0.2, 0.25) is 0 Å². The number of aromatic nitrogens is 2. The number of rotatable bonds is 2. The van der Waals surface area contributed by atoms with Gasteiger partial charge >= 0.3 is 0 Å². The number of imidazole rings is 1. The third-order valence-corrected chi connectivity index (χ3v) is 4.44. The molecule has 3 rings (SSSR count). The molecule has 0 saturated heterocycles. The van der Waals surface area contributed by atoms with Crippen LogP contribution in [0.2, 0.25) is 0 Å². The number of nitrogens with zero attached hydrogens (tertiary/aromatic N) is 1. The molecule has 1 N–H and O–H groups in total. The van der Waals surface area contributed by atoms with Gasteiger partial charge < -0.3 is 9.55 Å². The van der Waals surface area contributed by atoms with Gasteiger partial charge in [0.1, 0.15) is 0 Å². The highest BCUT2D eigenvalue weighted by Crippen LogP contribution is 2.26. The van der Waals surface area contributed by atoms with Crippen molar-refractivity contribution < 1.29 is 0 Å². The van der Waals surface area contributed by atoms with Crippen LogP contribution in [0.25, 0.3) is 11.0 Å². The van der Waals surface area contributed by atoms with Crippen molar-refractivity contribution in [1.82, 2.24) is 9.55 Å². The van der Waals surface area contributed by atoms with Gasteiger partial charge in [-0.25, -0.2) is 0 Å². The maximum atomic E-state index is 5.50. The van der Waals surface area contributed by atoms with Crippen molar-refractivity contribution in [3.8, 4) is 0 Å². The molecule has 4 heteroatoms. The van der Waals surface area contributed by atoms with Crippen LogP contribution in [-0.2, 0) is 0 Å². The highest BCUT2D eigenvalue weighted by molar-refractivity contribution is 9.10. The Kier molecular flexibility index (Phi) is 3.52. The van der Waals surface area contributed by atoms with E-state index >= 15 is 0 Å².